The number of aromatic carboxylic acids is 1. The molecule has 0 fully saturated rings. The van der Waals surface area contributed by atoms with Crippen LogP contribution in [-0.4, -0.2) is 16.2 Å². The van der Waals surface area contributed by atoms with Crippen molar-refractivity contribution in [3.05, 3.63) is 40.8 Å². The van der Waals surface area contributed by atoms with E-state index in [0.717, 1.165) is 11.3 Å². The molecule has 0 unspecified atom stereocenters. The lowest BCUT2D eigenvalue weighted by atomic mass is 10.1. The van der Waals surface area contributed by atoms with E-state index in [-0.39, 0.29) is 17.9 Å². The van der Waals surface area contributed by atoms with Crippen LogP contribution in [0.15, 0.2) is 22.7 Å². The van der Waals surface area contributed by atoms with E-state index < -0.39 is 5.97 Å². The van der Waals surface area contributed by atoms with Gasteiger partial charge in [-0.1, -0.05) is 5.16 Å². The van der Waals surface area contributed by atoms with Gasteiger partial charge >= 0.3 is 5.97 Å². The van der Waals surface area contributed by atoms with Crippen LogP contribution in [0.5, 0.6) is 5.75 Å². The Labute approximate surface area is 109 Å². The number of carboxylic acid groups (broad SMARTS) is 1. The largest absolute Gasteiger partial charge is 0.488 e. The molecule has 6 heteroatoms. The van der Waals surface area contributed by atoms with Crippen molar-refractivity contribution in [3.8, 4) is 5.75 Å². The third kappa shape index (κ3) is 2.67. The number of aromatic nitrogens is 1. The number of ether oxygens (including phenoxy) is 1. The first-order chi connectivity index (χ1) is 8.99. The summed E-state index contributed by atoms with van der Waals surface area (Å²) < 4.78 is 10.5. The number of carboxylic acids is 1. The molecule has 0 atom stereocenters. The van der Waals surface area contributed by atoms with E-state index in [0.29, 0.717) is 11.4 Å². The highest BCUT2D eigenvalue weighted by Gasteiger charge is 2.14. The summed E-state index contributed by atoms with van der Waals surface area (Å²) in [7, 11) is 0. The van der Waals surface area contributed by atoms with Gasteiger partial charge in [-0.3, -0.25) is 0 Å². The quantitative estimate of drug-likeness (QED) is 0.819. The number of nitrogens with zero attached hydrogens (tertiary/aromatic N) is 1. The standard InChI is InChI=1S/C13H14N2O4/c1-7-11(8(2)19-15-7)6-18-12-4-3-9(14)5-10(12)13(16)17/h3-5H,6,14H2,1-2H3,(H,16,17). The summed E-state index contributed by atoms with van der Waals surface area (Å²) >= 11 is 0. The normalized spacial score (nSPS) is 10.4. The van der Waals surface area contributed by atoms with Crippen LogP contribution in [0.2, 0.25) is 0 Å². The summed E-state index contributed by atoms with van der Waals surface area (Å²) in [6.07, 6.45) is 0. The van der Waals surface area contributed by atoms with Crippen LogP contribution in [0.4, 0.5) is 5.69 Å². The van der Waals surface area contributed by atoms with Gasteiger partial charge in [0, 0.05) is 5.69 Å². The van der Waals surface area contributed by atoms with Crippen LogP contribution < -0.4 is 10.5 Å². The molecule has 0 spiro atoms. The lowest BCUT2D eigenvalue weighted by molar-refractivity contribution is 0.0692. The second-order valence-electron chi connectivity index (χ2n) is 4.15. The van der Waals surface area contributed by atoms with Crippen molar-refractivity contribution >= 4 is 11.7 Å². The molecule has 0 bridgehead atoms. The summed E-state index contributed by atoms with van der Waals surface area (Å²) in [5.41, 5.74) is 7.51. The third-order valence-corrected chi connectivity index (χ3v) is 2.79. The smallest absolute Gasteiger partial charge is 0.339 e. The van der Waals surface area contributed by atoms with E-state index >= 15 is 0 Å². The van der Waals surface area contributed by atoms with Gasteiger partial charge in [0.15, 0.2) is 0 Å². The van der Waals surface area contributed by atoms with Crippen LogP contribution in [0.3, 0.4) is 0 Å². The fourth-order valence-electron chi connectivity index (χ4n) is 1.70. The van der Waals surface area contributed by atoms with Crippen molar-refractivity contribution in [2.24, 2.45) is 0 Å². The van der Waals surface area contributed by atoms with Gasteiger partial charge < -0.3 is 20.1 Å². The molecule has 1 aromatic heterocycles. The van der Waals surface area contributed by atoms with Crippen LogP contribution in [-0.2, 0) is 6.61 Å². The Morgan fingerprint density at radius 1 is 1.47 bits per heavy atom. The maximum absolute atomic E-state index is 11.1. The van der Waals surface area contributed by atoms with Gasteiger partial charge in [0.05, 0.1) is 11.3 Å². The molecule has 0 aliphatic carbocycles. The van der Waals surface area contributed by atoms with Crippen molar-refractivity contribution in [2.45, 2.75) is 20.5 Å². The molecule has 2 aromatic rings. The first-order valence-corrected chi connectivity index (χ1v) is 5.66. The molecule has 0 aliphatic rings. The molecular formula is C13H14N2O4. The number of carbonyl (C=O) groups is 1. The minimum absolute atomic E-state index is 0.0340. The van der Waals surface area contributed by atoms with Gasteiger partial charge in [-0.2, -0.15) is 0 Å². The number of hydrogen-bond donors (Lipinski definition) is 2. The monoisotopic (exact) mass is 262 g/mol. The average molecular weight is 262 g/mol. The third-order valence-electron chi connectivity index (χ3n) is 2.79. The van der Waals surface area contributed by atoms with Crippen molar-refractivity contribution in [2.75, 3.05) is 5.73 Å². The summed E-state index contributed by atoms with van der Waals surface area (Å²) in [4.78, 5) is 11.1. The van der Waals surface area contributed by atoms with Gasteiger partial charge in [0.25, 0.3) is 0 Å². The molecule has 19 heavy (non-hydrogen) atoms. The number of rotatable bonds is 4. The number of anilines is 1. The number of hydrogen-bond acceptors (Lipinski definition) is 5. The highest BCUT2D eigenvalue weighted by atomic mass is 16.5. The fraction of sp³-hybridized carbons (Fsp3) is 0.231. The van der Waals surface area contributed by atoms with Crippen LogP contribution in [0.1, 0.15) is 27.4 Å². The Balaban J connectivity index is 2.23. The van der Waals surface area contributed by atoms with Gasteiger partial charge in [-0.15, -0.1) is 0 Å². The summed E-state index contributed by atoms with van der Waals surface area (Å²) in [6, 6.07) is 4.50. The lowest BCUT2D eigenvalue weighted by Crippen LogP contribution is -2.05. The molecule has 0 radical (unpaired) electrons. The van der Waals surface area contributed by atoms with E-state index in [1.54, 1.807) is 19.9 Å². The van der Waals surface area contributed by atoms with Gasteiger partial charge in [-0.05, 0) is 32.0 Å². The average Bonchev–Trinajstić information content (AvgIpc) is 2.68. The Morgan fingerprint density at radius 3 is 2.79 bits per heavy atom. The summed E-state index contributed by atoms with van der Waals surface area (Å²) in [5.74, 6) is -0.160. The maximum atomic E-state index is 11.1. The fourth-order valence-corrected chi connectivity index (χ4v) is 1.70. The van der Waals surface area contributed by atoms with E-state index in [9.17, 15) is 4.79 Å². The molecule has 0 aliphatic heterocycles. The predicted octanol–water partition coefficient (Wildman–Crippen LogP) is 2.15. The van der Waals surface area contributed by atoms with Gasteiger partial charge in [-0.25, -0.2) is 4.79 Å². The molecule has 2 rings (SSSR count). The zero-order valence-electron chi connectivity index (χ0n) is 10.6. The minimum atomic E-state index is -1.08. The maximum Gasteiger partial charge on any atom is 0.339 e. The lowest BCUT2D eigenvalue weighted by Gasteiger charge is -2.09. The zero-order chi connectivity index (χ0) is 14.0. The number of nitrogen functional groups attached to an aromatic ring is 1. The first kappa shape index (κ1) is 12.9. The van der Waals surface area contributed by atoms with Gasteiger partial charge in [0.2, 0.25) is 0 Å². The Hall–Kier alpha value is -2.50. The highest BCUT2D eigenvalue weighted by Crippen LogP contribution is 2.23. The molecule has 0 amide bonds. The molecule has 1 aromatic carbocycles. The molecular weight excluding hydrogens is 248 g/mol. The summed E-state index contributed by atoms with van der Waals surface area (Å²) in [6.45, 7) is 3.78. The van der Waals surface area contributed by atoms with E-state index in [1.165, 1.54) is 12.1 Å². The van der Waals surface area contributed by atoms with Crippen molar-refractivity contribution in [1.29, 1.82) is 0 Å². The van der Waals surface area contributed by atoms with Crippen LogP contribution in [0.25, 0.3) is 0 Å². The zero-order valence-corrected chi connectivity index (χ0v) is 10.6. The topological polar surface area (TPSA) is 98.6 Å². The number of benzene rings is 1. The Morgan fingerprint density at radius 2 is 2.21 bits per heavy atom. The molecule has 0 saturated carbocycles. The van der Waals surface area contributed by atoms with Crippen LogP contribution >= 0.6 is 0 Å². The van der Waals surface area contributed by atoms with Crippen molar-refractivity contribution < 1.29 is 19.2 Å². The van der Waals surface area contributed by atoms with E-state index in [2.05, 4.69) is 5.16 Å². The SMILES string of the molecule is Cc1noc(C)c1COc1ccc(N)cc1C(=O)O. The molecule has 3 N–H and O–H groups in total. The number of aryl methyl sites for hydroxylation is 2. The van der Waals surface area contributed by atoms with E-state index in [4.69, 9.17) is 20.1 Å². The van der Waals surface area contributed by atoms with Crippen molar-refractivity contribution in [1.82, 2.24) is 5.16 Å². The minimum Gasteiger partial charge on any atom is -0.488 e. The Bertz CT molecular complexity index is 600. The summed E-state index contributed by atoms with van der Waals surface area (Å²) in [5, 5.41) is 12.9. The first-order valence-electron chi connectivity index (χ1n) is 5.66. The second-order valence-corrected chi connectivity index (χ2v) is 4.15. The predicted molar refractivity (Wildman–Crippen MR) is 68.1 cm³/mol. The molecule has 1 heterocycles. The highest BCUT2D eigenvalue weighted by molar-refractivity contribution is 5.92. The van der Waals surface area contributed by atoms with E-state index in [1.807, 2.05) is 0 Å². The van der Waals surface area contributed by atoms with Crippen molar-refractivity contribution in [3.63, 3.8) is 0 Å². The van der Waals surface area contributed by atoms with Gasteiger partial charge in [0.1, 0.15) is 23.7 Å². The molecule has 6 nitrogen and oxygen atoms in total. The second kappa shape index (κ2) is 5.01. The molecule has 0 saturated heterocycles. The van der Waals surface area contributed by atoms with Crippen LogP contribution in [0, 0.1) is 13.8 Å². The number of nitrogens with two attached hydrogens (primary N) is 1. The molecule has 100 valence electrons. The Kier molecular flexibility index (Phi) is 3.41.